The Morgan fingerprint density at radius 3 is 2.76 bits per heavy atom. The Balaban J connectivity index is 2.42. The second-order valence-electron chi connectivity index (χ2n) is 4.18. The summed E-state index contributed by atoms with van der Waals surface area (Å²) in [7, 11) is 0. The van der Waals surface area contributed by atoms with Gasteiger partial charge in [-0.25, -0.2) is 4.79 Å². The molecule has 2 atom stereocenters. The first-order chi connectivity index (χ1) is 8.04. The molecule has 0 saturated carbocycles. The lowest BCUT2D eigenvalue weighted by Crippen LogP contribution is -2.48. The molecule has 0 spiro atoms. The van der Waals surface area contributed by atoms with Crippen LogP contribution >= 0.6 is 0 Å². The first-order valence-electron chi connectivity index (χ1n) is 5.94. The zero-order chi connectivity index (χ0) is 12.8. The summed E-state index contributed by atoms with van der Waals surface area (Å²) in [5.41, 5.74) is 0. The predicted molar refractivity (Wildman–Crippen MR) is 61.9 cm³/mol. The Labute approximate surface area is 101 Å². The number of nitrogens with zero attached hydrogens (tertiary/aromatic N) is 1. The smallest absolute Gasteiger partial charge is 0.325 e. The van der Waals surface area contributed by atoms with E-state index in [-0.39, 0.29) is 12.1 Å². The third-order valence-corrected chi connectivity index (χ3v) is 2.83. The molecule has 1 saturated heterocycles. The van der Waals surface area contributed by atoms with Crippen molar-refractivity contribution in [3.63, 3.8) is 0 Å². The normalized spacial score (nSPS) is 20.9. The van der Waals surface area contributed by atoms with E-state index in [1.165, 1.54) is 6.92 Å². The van der Waals surface area contributed by atoms with E-state index in [0.29, 0.717) is 13.1 Å². The molecule has 0 radical (unpaired) electrons. The number of hydrogen-bond acceptors (Lipinski definition) is 3. The van der Waals surface area contributed by atoms with Gasteiger partial charge in [0.2, 0.25) is 0 Å². The van der Waals surface area contributed by atoms with E-state index in [2.05, 4.69) is 5.32 Å². The molecule has 0 aromatic heterocycles. The van der Waals surface area contributed by atoms with Gasteiger partial charge in [0.05, 0.1) is 6.10 Å². The van der Waals surface area contributed by atoms with Crippen LogP contribution in [0.5, 0.6) is 0 Å². The van der Waals surface area contributed by atoms with E-state index < -0.39 is 12.0 Å². The van der Waals surface area contributed by atoms with Gasteiger partial charge in [0.1, 0.15) is 6.04 Å². The Morgan fingerprint density at radius 2 is 2.29 bits per heavy atom. The van der Waals surface area contributed by atoms with Crippen molar-refractivity contribution in [2.24, 2.45) is 0 Å². The third kappa shape index (κ3) is 4.22. The molecule has 2 N–H and O–H groups in total. The number of hydrogen-bond donors (Lipinski definition) is 2. The first kappa shape index (κ1) is 13.8. The average molecular weight is 244 g/mol. The molecule has 6 nitrogen and oxygen atoms in total. The van der Waals surface area contributed by atoms with Gasteiger partial charge >= 0.3 is 12.0 Å². The molecule has 0 bridgehead atoms. The van der Waals surface area contributed by atoms with Crippen molar-refractivity contribution < 1.29 is 19.4 Å². The summed E-state index contributed by atoms with van der Waals surface area (Å²) in [6, 6.07) is -1.22. The number of ether oxygens (including phenoxy) is 1. The fourth-order valence-electron chi connectivity index (χ4n) is 1.73. The summed E-state index contributed by atoms with van der Waals surface area (Å²) >= 11 is 0. The average Bonchev–Trinajstić information content (AvgIpc) is 2.78. The Hall–Kier alpha value is -1.30. The maximum Gasteiger partial charge on any atom is 0.325 e. The van der Waals surface area contributed by atoms with Gasteiger partial charge in [-0.1, -0.05) is 0 Å². The Kier molecular flexibility index (Phi) is 5.21. The summed E-state index contributed by atoms with van der Waals surface area (Å²) in [5, 5.41) is 11.1. The molecular weight excluding hydrogens is 224 g/mol. The van der Waals surface area contributed by atoms with E-state index in [1.807, 2.05) is 6.92 Å². The number of likely N-dealkylation sites (N-methyl/N-ethyl adjacent to an activating group) is 1. The highest BCUT2D eigenvalue weighted by Gasteiger charge is 2.23. The highest BCUT2D eigenvalue weighted by atomic mass is 16.5. The SMILES string of the molecule is CCN(CC1CCCO1)C(=O)NC(C)C(=O)O. The van der Waals surface area contributed by atoms with Gasteiger partial charge in [0.25, 0.3) is 0 Å². The van der Waals surface area contributed by atoms with Gasteiger partial charge in [-0.15, -0.1) is 0 Å². The van der Waals surface area contributed by atoms with Gasteiger partial charge in [-0.05, 0) is 26.7 Å². The van der Waals surface area contributed by atoms with Crippen LogP contribution in [0.15, 0.2) is 0 Å². The molecule has 1 rings (SSSR count). The van der Waals surface area contributed by atoms with Gasteiger partial charge in [0.15, 0.2) is 0 Å². The molecule has 17 heavy (non-hydrogen) atoms. The minimum Gasteiger partial charge on any atom is -0.480 e. The lowest BCUT2D eigenvalue weighted by atomic mass is 10.2. The van der Waals surface area contributed by atoms with Crippen molar-refractivity contribution in [2.75, 3.05) is 19.7 Å². The van der Waals surface area contributed by atoms with Crippen LogP contribution in [0.2, 0.25) is 0 Å². The number of amides is 2. The molecule has 0 aromatic rings. The summed E-state index contributed by atoms with van der Waals surface area (Å²) < 4.78 is 5.45. The highest BCUT2D eigenvalue weighted by Crippen LogP contribution is 2.13. The monoisotopic (exact) mass is 244 g/mol. The van der Waals surface area contributed by atoms with Crippen LogP contribution in [0.1, 0.15) is 26.7 Å². The number of carbonyl (C=O) groups is 2. The third-order valence-electron chi connectivity index (χ3n) is 2.83. The molecule has 1 aliphatic rings. The summed E-state index contributed by atoms with van der Waals surface area (Å²) in [5.74, 6) is -1.04. The number of carboxylic acid groups (broad SMARTS) is 1. The minimum absolute atomic E-state index is 0.0841. The fraction of sp³-hybridized carbons (Fsp3) is 0.818. The van der Waals surface area contributed by atoms with Crippen LogP contribution < -0.4 is 5.32 Å². The van der Waals surface area contributed by atoms with Gasteiger partial charge in [-0.2, -0.15) is 0 Å². The van der Waals surface area contributed by atoms with Crippen LogP contribution in [0.3, 0.4) is 0 Å². The molecule has 2 unspecified atom stereocenters. The lowest BCUT2D eigenvalue weighted by molar-refractivity contribution is -0.138. The number of aliphatic carboxylic acids is 1. The summed E-state index contributed by atoms with van der Waals surface area (Å²) in [6.07, 6.45) is 2.06. The zero-order valence-electron chi connectivity index (χ0n) is 10.3. The van der Waals surface area contributed by atoms with E-state index in [1.54, 1.807) is 4.90 Å². The Morgan fingerprint density at radius 1 is 1.59 bits per heavy atom. The molecule has 1 aliphatic heterocycles. The van der Waals surface area contributed by atoms with E-state index in [4.69, 9.17) is 9.84 Å². The zero-order valence-corrected chi connectivity index (χ0v) is 10.3. The number of carboxylic acids is 1. The molecule has 0 aromatic carbocycles. The fourth-order valence-corrected chi connectivity index (χ4v) is 1.73. The van der Waals surface area contributed by atoms with Crippen LogP contribution in [-0.2, 0) is 9.53 Å². The quantitative estimate of drug-likeness (QED) is 0.745. The maximum absolute atomic E-state index is 11.8. The van der Waals surface area contributed by atoms with Crippen LogP contribution in [0, 0.1) is 0 Å². The Bertz CT molecular complexity index is 277. The molecule has 1 fully saturated rings. The second-order valence-corrected chi connectivity index (χ2v) is 4.18. The maximum atomic E-state index is 11.8. The van der Waals surface area contributed by atoms with E-state index in [9.17, 15) is 9.59 Å². The molecule has 6 heteroatoms. The van der Waals surface area contributed by atoms with Crippen molar-refractivity contribution in [3.8, 4) is 0 Å². The molecular formula is C11H20N2O4. The van der Waals surface area contributed by atoms with Crippen LogP contribution in [0.4, 0.5) is 4.79 Å². The highest BCUT2D eigenvalue weighted by molar-refractivity contribution is 5.82. The van der Waals surface area contributed by atoms with Crippen molar-refractivity contribution in [3.05, 3.63) is 0 Å². The van der Waals surface area contributed by atoms with Gasteiger partial charge < -0.3 is 20.1 Å². The molecule has 98 valence electrons. The molecule has 0 aliphatic carbocycles. The first-order valence-corrected chi connectivity index (χ1v) is 5.94. The van der Waals surface area contributed by atoms with Crippen molar-refractivity contribution in [1.29, 1.82) is 0 Å². The summed E-state index contributed by atoms with van der Waals surface area (Å²) in [4.78, 5) is 24.0. The largest absolute Gasteiger partial charge is 0.480 e. The number of urea groups is 1. The van der Waals surface area contributed by atoms with Crippen molar-refractivity contribution >= 4 is 12.0 Å². The standard InChI is InChI=1S/C11H20N2O4/c1-3-13(7-9-5-4-6-17-9)11(16)12-8(2)10(14)15/h8-9H,3-7H2,1-2H3,(H,12,16)(H,14,15). The van der Waals surface area contributed by atoms with E-state index in [0.717, 1.165) is 19.4 Å². The second kappa shape index (κ2) is 6.44. The summed E-state index contributed by atoms with van der Waals surface area (Å²) in [6.45, 7) is 5.11. The van der Waals surface area contributed by atoms with E-state index >= 15 is 0 Å². The van der Waals surface area contributed by atoms with Gasteiger partial charge in [-0.3, -0.25) is 4.79 Å². The topological polar surface area (TPSA) is 78.9 Å². The lowest BCUT2D eigenvalue weighted by Gasteiger charge is -2.25. The number of nitrogens with one attached hydrogen (secondary N) is 1. The van der Waals surface area contributed by atoms with Crippen LogP contribution in [0.25, 0.3) is 0 Å². The molecule has 2 amide bonds. The van der Waals surface area contributed by atoms with Gasteiger partial charge in [0, 0.05) is 19.7 Å². The van der Waals surface area contributed by atoms with Crippen LogP contribution in [-0.4, -0.2) is 53.8 Å². The predicted octanol–water partition coefficient (Wildman–Crippen LogP) is 0.670. The number of rotatable bonds is 5. The number of carbonyl (C=O) groups excluding carboxylic acids is 1. The van der Waals surface area contributed by atoms with Crippen molar-refractivity contribution in [2.45, 2.75) is 38.8 Å². The van der Waals surface area contributed by atoms with Crippen molar-refractivity contribution in [1.82, 2.24) is 10.2 Å². The minimum atomic E-state index is -1.04. The molecule has 1 heterocycles.